The Kier molecular flexibility index (Phi) is 4.31. The Labute approximate surface area is 125 Å². The smallest absolute Gasteiger partial charge is 0.405 e. The van der Waals surface area contributed by atoms with Crippen LogP contribution in [0.2, 0.25) is 0 Å². The summed E-state index contributed by atoms with van der Waals surface area (Å²) in [7, 11) is 0. The fourth-order valence-corrected chi connectivity index (χ4v) is 1.93. The molecule has 0 saturated carbocycles. The molecule has 23 heavy (non-hydrogen) atoms. The summed E-state index contributed by atoms with van der Waals surface area (Å²) in [6.45, 7) is 0. The molecule has 2 rings (SSSR count). The molecule has 0 radical (unpaired) electrons. The molecule has 1 aromatic carbocycles. The maximum absolute atomic E-state index is 12.9. The van der Waals surface area contributed by atoms with Crippen molar-refractivity contribution in [3.05, 3.63) is 47.7 Å². The van der Waals surface area contributed by atoms with E-state index in [1.54, 1.807) is 0 Å². The van der Waals surface area contributed by atoms with E-state index in [9.17, 15) is 31.1 Å². The van der Waals surface area contributed by atoms with Crippen molar-refractivity contribution in [3.8, 4) is 17.0 Å². The van der Waals surface area contributed by atoms with Gasteiger partial charge in [0.1, 0.15) is 5.75 Å². The molecule has 0 saturated heterocycles. The zero-order chi connectivity index (χ0) is 17.3. The van der Waals surface area contributed by atoms with Crippen molar-refractivity contribution in [2.45, 2.75) is 12.5 Å². The third-order valence-electron chi connectivity index (χ3n) is 2.78. The van der Waals surface area contributed by atoms with E-state index in [4.69, 9.17) is 0 Å². The average molecular weight is 335 g/mol. The van der Waals surface area contributed by atoms with E-state index in [1.165, 1.54) is 12.1 Å². The van der Waals surface area contributed by atoms with Gasteiger partial charge in [-0.2, -0.15) is 13.2 Å². The molecule has 0 fully saturated rings. The monoisotopic (exact) mass is 335 g/mol. The van der Waals surface area contributed by atoms with Gasteiger partial charge in [0, 0.05) is 11.8 Å². The lowest BCUT2D eigenvalue weighted by Crippen LogP contribution is -2.18. The normalized spacial score (nSPS) is 12.1. The molecule has 0 spiro atoms. The van der Waals surface area contributed by atoms with Crippen LogP contribution < -0.4 is 4.74 Å². The maximum atomic E-state index is 12.9. The van der Waals surface area contributed by atoms with Crippen LogP contribution in [-0.2, 0) is 6.18 Å². The van der Waals surface area contributed by atoms with Crippen LogP contribution >= 0.6 is 0 Å². The summed E-state index contributed by atoms with van der Waals surface area (Å²) in [5.74, 6) is -0.755. The minimum absolute atomic E-state index is 0.102. The number of hydrogen-bond donors (Lipinski definition) is 0. The standard InChI is InChI=1S/C14H7F6NO2/c15-13(16,17)10-5-6-21-12(9(10)7-22)8-3-1-2-4-11(8)23-14(18,19)20/h1-7H. The van der Waals surface area contributed by atoms with Gasteiger partial charge in [-0.25, -0.2) is 0 Å². The first kappa shape index (κ1) is 16.8. The zero-order valence-corrected chi connectivity index (χ0v) is 11.1. The second kappa shape index (κ2) is 5.90. The van der Waals surface area contributed by atoms with Crippen molar-refractivity contribution in [3.63, 3.8) is 0 Å². The number of benzene rings is 1. The number of para-hydroxylation sites is 1. The Hall–Kier alpha value is -2.58. The Morgan fingerprint density at radius 1 is 1.00 bits per heavy atom. The molecule has 122 valence electrons. The first-order chi connectivity index (χ1) is 10.6. The molecule has 9 heteroatoms. The molecule has 0 aliphatic carbocycles. The molecule has 0 bridgehead atoms. The number of nitrogens with zero attached hydrogens (tertiary/aromatic N) is 1. The van der Waals surface area contributed by atoms with Crippen LogP contribution in [0.3, 0.4) is 0 Å². The molecule has 0 unspecified atom stereocenters. The topological polar surface area (TPSA) is 39.2 Å². The average Bonchev–Trinajstić information content (AvgIpc) is 2.44. The fourth-order valence-electron chi connectivity index (χ4n) is 1.93. The van der Waals surface area contributed by atoms with Crippen molar-refractivity contribution in [2.75, 3.05) is 0 Å². The van der Waals surface area contributed by atoms with E-state index in [-0.39, 0.29) is 11.8 Å². The van der Waals surface area contributed by atoms with E-state index in [2.05, 4.69) is 9.72 Å². The van der Waals surface area contributed by atoms with Gasteiger partial charge in [-0.1, -0.05) is 12.1 Å². The molecule has 1 heterocycles. The number of aldehydes is 1. The number of rotatable bonds is 3. The molecule has 1 aromatic heterocycles. The largest absolute Gasteiger partial charge is 0.573 e. The Balaban J connectivity index is 2.67. The molecular weight excluding hydrogens is 328 g/mol. The highest BCUT2D eigenvalue weighted by Crippen LogP contribution is 2.38. The number of ether oxygens (including phenoxy) is 1. The molecule has 2 aromatic rings. The van der Waals surface area contributed by atoms with Gasteiger partial charge in [0.25, 0.3) is 0 Å². The summed E-state index contributed by atoms with van der Waals surface area (Å²) in [6.07, 6.45) is -9.24. The van der Waals surface area contributed by atoms with E-state index in [0.717, 1.165) is 18.3 Å². The van der Waals surface area contributed by atoms with E-state index < -0.39 is 35.1 Å². The van der Waals surface area contributed by atoms with Crippen molar-refractivity contribution >= 4 is 6.29 Å². The lowest BCUT2D eigenvalue weighted by molar-refractivity contribution is -0.274. The number of alkyl halides is 6. The number of halogens is 6. The Morgan fingerprint density at radius 3 is 2.22 bits per heavy atom. The van der Waals surface area contributed by atoms with Crippen LogP contribution in [0.1, 0.15) is 15.9 Å². The molecule has 0 amide bonds. The highest BCUT2D eigenvalue weighted by atomic mass is 19.4. The Morgan fingerprint density at radius 2 is 1.65 bits per heavy atom. The second-order valence-electron chi connectivity index (χ2n) is 4.28. The van der Waals surface area contributed by atoms with Crippen LogP contribution in [0.4, 0.5) is 26.3 Å². The molecule has 3 nitrogen and oxygen atoms in total. The van der Waals surface area contributed by atoms with Crippen molar-refractivity contribution in [1.29, 1.82) is 0 Å². The molecule has 0 N–H and O–H groups in total. The maximum Gasteiger partial charge on any atom is 0.573 e. The van der Waals surface area contributed by atoms with E-state index in [0.29, 0.717) is 6.07 Å². The number of carbonyl (C=O) groups excluding carboxylic acids is 1. The van der Waals surface area contributed by atoms with Crippen LogP contribution in [0.15, 0.2) is 36.5 Å². The van der Waals surface area contributed by atoms with Gasteiger partial charge < -0.3 is 4.74 Å². The van der Waals surface area contributed by atoms with Gasteiger partial charge in [0.05, 0.1) is 16.8 Å². The summed E-state index contributed by atoms with van der Waals surface area (Å²) in [5.41, 5.74) is -3.08. The number of hydrogen-bond acceptors (Lipinski definition) is 3. The summed E-state index contributed by atoms with van der Waals surface area (Å²) in [4.78, 5) is 14.7. The van der Waals surface area contributed by atoms with Gasteiger partial charge in [-0.3, -0.25) is 9.78 Å². The lowest BCUT2D eigenvalue weighted by Gasteiger charge is -2.16. The van der Waals surface area contributed by atoms with Crippen molar-refractivity contribution < 1.29 is 35.9 Å². The van der Waals surface area contributed by atoms with Gasteiger partial charge >= 0.3 is 12.5 Å². The summed E-state index contributed by atoms with van der Waals surface area (Å²) >= 11 is 0. The Bertz CT molecular complexity index is 724. The molecule has 0 aliphatic rings. The predicted molar refractivity (Wildman–Crippen MR) is 66.7 cm³/mol. The summed E-state index contributed by atoms with van der Waals surface area (Å²) < 4.78 is 79.7. The van der Waals surface area contributed by atoms with Crippen molar-refractivity contribution in [1.82, 2.24) is 4.98 Å². The SMILES string of the molecule is O=Cc1c(C(F)(F)F)ccnc1-c1ccccc1OC(F)(F)F. The third-order valence-corrected chi connectivity index (χ3v) is 2.78. The number of aromatic nitrogens is 1. The molecule has 0 aliphatic heterocycles. The lowest BCUT2D eigenvalue weighted by atomic mass is 10.0. The highest BCUT2D eigenvalue weighted by molar-refractivity contribution is 5.89. The fraction of sp³-hybridized carbons (Fsp3) is 0.143. The summed E-state index contributed by atoms with van der Waals surface area (Å²) in [5, 5.41) is 0. The van der Waals surface area contributed by atoms with Gasteiger partial charge in [-0.15, -0.1) is 13.2 Å². The highest BCUT2D eigenvalue weighted by Gasteiger charge is 2.36. The minimum Gasteiger partial charge on any atom is -0.405 e. The van der Waals surface area contributed by atoms with Crippen LogP contribution in [0.5, 0.6) is 5.75 Å². The molecular formula is C14H7F6NO2. The number of carbonyl (C=O) groups is 1. The van der Waals surface area contributed by atoms with E-state index in [1.807, 2.05) is 0 Å². The summed E-state index contributed by atoms with van der Waals surface area (Å²) in [6, 6.07) is 5.06. The quantitative estimate of drug-likeness (QED) is 0.613. The van der Waals surface area contributed by atoms with Crippen LogP contribution in [-0.4, -0.2) is 17.6 Å². The third kappa shape index (κ3) is 3.79. The van der Waals surface area contributed by atoms with Gasteiger partial charge in [0.2, 0.25) is 0 Å². The van der Waals surface area contributed by atoms with Crippen LogP contribution in [0.25, 0.3) is 11.3 Å². The van der Waals surface area contributed by atoms with Gasteiger partial charge in [0.15, 0.2) is 6.29 Å². The first-order valence-corrected chi connectivity index (χ1v) is 6.00. The molecule has 0 atom stereocenters. The van der Waals surface area contributed by atoms with E-state index >= 15 is 0 Å². The minimum atomic E-state index is -5.04. The van der Waals surface area contributed by atoms with Gasteiger partial charge in [-0.05, 0) is 18.2 Å². The predicted octanol–water partition coefficient (Wildman–Crippen LogP) is 4.48. The zero-order valence-electron chi connectivity index (χ0n) is 11.1. The first-order valence-electron chi connectivity index (χ1n) is 6.00. The second-order valence-corrected chi connectivity index (χ2v) is 4.28. The van der Waals surface area contributed by atoms with Crippen molar-refractivity contribution in [2.24, 2.45) is 0 Å². The number of pyridine rings is 1. The van der Waals surface area contributed by atoms with Crippen LogP contribution in [0, 0.1) is 0 Å².